The van der Waals surface area contributed by atoms with E-state index in [1.54, 1.807) is 31.2 Å². The molecule has 0 bridgehead atoms. The van der Waals surface area contributed by atoms with Gasteiger partial charge in [-0.2, -0.15) is 0 Å². The van der Waals surface area contributed by atoms with Crippen molar-refractivity contribution in [2.75, 3.05) is 0 Å². The maximum Gasteiger partial charge on any atom is 0.310 e. The van der Waals surface area contributed by atoms with Gasteiger partial charge >= 0.3 is 5.97 Å². The molecule has 1 aliphatic rings. The highest BCUT2D eigenvalue weighted by Crippen LogP contribution is 2.38. The summed E-state index contributed by atoms with van der Waals surface area (Å²) in [6.07, 6.45) is 1.79. The second-order valence-electron chi connectivity index (χ2n) is 5.53. The molecule has 1 fully saturated rings. The molecule has 0 saturated heterocycles. The molecular formula is C14H19NO4S. The van der Waals surface area contributed by atoms with Crippen molar-refractivity contribution in [2.45, 2.75) is 38.0 Å². The van der Waals surface area contributed by atoms with Crippen molar-refractivity contribution in [2.24, 2.45) is 5.41 Å². The first-order valence-electron chi connectivity index (χ1n) is 6.61. The highest BCUT2D eigenvalue weighted by Gasteiger charge is 2.46. The number of aliphatic carboxylic acids is 1. The zero-order valence-electron chi connectivity index (χ0n) is 11.4. The summed E-state index contributed by atoms with van der Waals surface area (Å²) in [5.41, 5.74) is -0.320. The predicted molar refractivity (Wildman–Crippen MR) is 75.6 cm³/mol. The molecule has 5 nitrogen and oxygen atoms in total. The third-order valence-corrected chi connectivity index (χ3v) is 5.32. The van der Waals surface area contributed by atoms with Gasteiger partial charge in [-0.05, 0) is 25.3 Å². The molecule has 0 radical (unpaired) electrons. The van der Waals surface area contributed by atoms with Crippen LogP contribution in [0.25, 0.3) is 0 Å². The fourth-order valence-electron chi connectivity index (χ4n) is 2.66. The fraction of sp³-hybridized carbons (Fsp3) is 0.500. The standard InChI is InChI=1S/C14H19NO4S/c1-14(13(16)17)9-5-8-12(14)15-20(18,19)10-11-6-3-2-4-7-11/h2-4,6-7,12,15H,5,8-10H2,1H3,(H,16,17). The lowest BCUT2D eigenvalue weighted by Crippen LogP contribution is -2.47. The van der Waals surface area contributed by atoms with Crippen LogP contribution < -0.4 is 4.72 Å². The molecule has 1 aromatic carbocycles. The SMILES string of the molecule is CC1(C(=O)O)CCCC1NS(=O)(=O)Cc1ccccc1. The van der Waals surface area contributed by atoms with E-state index in [1.165, 1.54) is 0 Å². The zero-order chi connectivity index (χ0) is 14.8. The van der Waals surface area contributed by atoms with Gasteiger partial charge in [0.1, 0.15) is 0 Å². The predicted octanol–water partition coefficient (Wildman–Crippen LogP) is 1.75. The molecule has 0 aromatic heterocycles. The number of carbonyl (C=O) groups is 1. The Kier molecular flexibility index (Phi) is 4.15. The lowest BCUT2D eigenvalue weighted by molar-refractivity contribution is -0.148. The average molecular weight is 297 g/mol. The molecule has 0 spiro atoms. The van der Waals surface area contributed by atoms with E-state index in [4.69, 9.17) is 0 Å². The number of rotatable bonds is 5. The molecule has 2 rings (SSSR count). The van der Waals surface area contributed by atoms with Gasteiger partial charge < -0.3 is 5.11 Å². The smallest absolute Gasteiger partial charge is 0.310 e. The van der Waals surface area contributed by atoms with Crippen molar-refractivity contribution in [3.05, 3.63) is 35.9 Å². The van der Waals surface area contributed by atoms with Crippen molar-refractivity contribution >= 4 is 16.0 Å². The Morgan fingerprint density at radius 3 is 2.65 bits per heavy atom. The van der Waals surface area contributed by atoms with Gasteiger partial charge in [-0.15, -0.1) is 0 Å². The summed E-state index contributed by atoms with van der Waals surface area (Å²) in [6.45, 7) is 1.61. The molecule has 0 heterocycles. The van der Waals surface area contributed by atoms with Gasteiger partial charge in [0.2, 0.25) is 10.0 Å². The lowest BCUT2D eigenvalue weighted by Gasteiger charge is -2.27. The van der Waals surface area contributed by atoms with Crippen LogP contribution in [0.2, 0.25) is 0 Å². The topological polar surface area (TPSA) is 83.5 Å². The third kappa shape index (κ3) is 3.19. The molecule has 110 valence electrons. The number of sulfonamides is 1. The Balaban J connectivity index is 2.11. The quantitative estimate of drug-likeness (QED) is 0.867. The van der Waals surface area contributed by atoms with E-state index in [1.807, 2.05) is 6.07 Å². The first-order valence-corrected chi connectivity index (χ1v) is 8.26. The molecular weight excluding hydrogens is 278 g/mol. The normalized spacial score (nSPS) is 26.6. The summed E-state index contributed by atoms with van der Waals surface area (Å²) in [5.74, 6) is -1.07. The second-order valence-corrected chi connectivity index (χ2v) is 7.28. The minimum absolute atomic E-state index is 0.125. The number of carboxylic acids is 1. The fourth-order valence-corrected chi connectivity index (χ4v) is 4.19. The average Bonchev–Trinajstić information content (AvgIpc) is 2.72. The molecule has 2 unspecified atom stereocenters. The van der Waals surface area contributed by atoms with E-state index in [0.717, 1.165) is 6.42 Å². The van der Waals surface area contributed by atoms with Crippen molar-refractivity contribution in [3.63, 3.8) is 0 Å². The van der Waals surface area contributed by atoms with Gasteiger partial charge in [-0.25, -0.2) is 13.1 Å². The van der Waals surface area contributed by atoms with Gasteiger partial charge in [0.25, 0.3) is 0 Å². The highest BCUT2D eigenvalue weighted by atomic mass is 32.2. The maximum absolute atomic E-state index is 12.2. The Hall–Kier alpha value is -1.40. The van der Waals surface area contributed by atoms with E-state index < -0.39 is 27.4 Å². The van der Waals surface area contributed by atoms with Crippen molar-refractivity contribution in [1.82, 2.24) is 4.72 Å². The van der Waals surface area contributed by atoms with Crippen LogP contribution in [-0.4, -0.2) is 25.5 Å². The van der Waals surface area contributed by atoms with Crippen molar-refractivity contribution in [3.8, 4) is 0 Å². The minimum Gasteiger partial charge on any atom is -0.481 e. The van der Waals surface area contributed by atoms with Crippen LogP contribution in [0.4, 0.5) is 0 Å². The molecule has 0 amide bonds. The van der Waals surface area contributed by atoms with Crippen LogP contribution in [0.5, 0.6) is 0 Å². The number of carboxylic acid groups (broad SMARTS) is 1. The maximum atomic E-state index is 12.2. The van der Waals surface area contributed by atoms with Crippen LogP contribution in [0.15, 0.2) is 30.3 Å². The number of hydrogen-bond acceptors (Lipinski definition) is 3. The Bertz CT molecular complexity index is 584. The summed E-state index contributed by atoms with van der Waals surface area (Å²) in [4.78, 5) is 11.3. The van der Waals surface area contributed by atoms with E-state index in [0.29, 0.717) is 18.4 Å². The number of hydrogen-bond donors (Lipinski definition) is 2. The summed E-state index contributed by atoms with van der Waals surface area (Å²) in [6, 6.07) is 8.33. The van der Waals surface area contributed by atoms with E-state index >= 15 is 0 Å². The Labute approximate surface area is 119 Å². The largest absolute Gasteiger partial charge is 0.481 e. The van der Waals surface area contributed by atoms with Gasteiger partial charge in [0.15, 0.2) is 0 Å². The summed E-state index contributed by atoms with van der Waals surface area (Å²) < 4.78 is 26.9. The van der Waals surface area contributed by atoms with Gasteiger partial charge in [0.05, 0.1) is 11.2 Å². The number of nitrogens with one attached hydrogen (secondary N) is 1. The van der Waals surface area contributed by atoms with Crippen LogP contribution in [0, 0.1) is 5.41 Å². The van der Waals surface area contributed by atoms with E-state index in [2.05, 4.69) is 4.72 Å². The number of benzene rings is 1. The van der Waals surface area contributed by atoms with E-state index in [-0.39, 0.29) is 5.75 Å². The molecule has 2 atom stereocenters. The van der Waals surface area contributed by atoms with Crippen molar-refractivity contribution in [1.29, 1.82) is 0 Å². The summed E-state index contributed by atoms with van der Waals surface area (Å²) in [5, 5.41) is 9.29. The van der Waals surface area contributed by atoms with Crippen LogP contribution in [0.3, 0.4) is 0 Å². The van der Waals surface area contributed by atoms with E-state index in [9.17, 15) is 18.3 Å². The second kappa shape index (κ2) is 5.54. The molecule has 1 aliphatic carbocycles. The minimum atomic E-state index is -3.54. The summed E-state index contributed by atoms with van der Waals surface area (Å²) in [7, 11) is -3.54. The monoisotopic (exact) mass is 297 g/mol. The highest BCUT2D eigenvalue weighted by molar-refractivity contribution is 7.88. The first-order chi connectivity index (χ1) is 9.33. The molecule has 2 N–H and O–H groups in total. The molecule has 1 aromatic rings. The van der Waals surface area contributed by atoms with Crippen molar-refractivity contribution < 1.29 is 18.3 Å². The first kappa shape index (κ1) is 15.0. The molecule has 20 heavy (non-hydrogen) atoms. The van der Waals surface area contributed by atoms with Gasteiger partial charge in [0, 0.05) is 6.04 Å². The molecule has 0 aliphatic heterocycles. The lowest BCUT2D eigenvalue weighted by atomic mass is 9.85. The van der Waals surface area contributed by atoms with Gasteiger partial charge in [-0.3, -0.25) is 4.79 Å². The molecule has 1 saturated carbocycles. The molecule has 6 heteroatoms. The Morgan fingerprint density at radius 2 is 2.05 bits per heavy atom. The van der Waals surface area contributed by atoms with Gasteiger partial charge in [-0.1, -0.05) is 36.8 Å². The zero-order valence-corrected chi connectivity index (χ0v) is 12.2. The van der Waals surface area contributed by atoms with Crippen LogP contribution in [-0.2, 0) is 20.6 Å². The van der Waals surface area contributed by atoms with Crippen LogP contribution >= 0.6 is 0 Å². The Morgan fingerprint density at radius 1 is 1.40 bits per heavy atom. The summed E-state index contributed by atoms with van der Waals surface area (Å²) >= 11 is 0. The third-order valence-electron chi connectivity index (χ3n) is 3.97. The van der Waals surface area contributed by atoms with Crippen LogP contribution in [0.1, 0.15) is 31.7 Å².